The predicted molar refractivity (Wildman–Crippen MR) is 51.2 cm³/mol. The fraction of sp³-hybridized carbons (Fsp3) is 0.333. The highest BCUT2D eigenvalue weighted by Crippen LogP contribution is 2.36. The molecule has 1 atom stereocenters. The molecule has 0 aliphatic rings. The summed E-state index contributed by atoms with van der Waals surface area (Å²) in [5, 5.41) is 18.2. The van der Waals surface area contributed by atoms with E-state index in [2.05, 4.69) is 15.9 Å². The Kier molecular flexibility index (Phi) is 3.44. The molecule has 0 aliphatic heterocycles. The zero-order valence-electron chi connectivity index (χ0n) is 7.39. The molecule has 78 valence electrons. The van der Waals surface area contributed by atoms with Crippen LogP contribution in [0.15, 0.2) is 10.5 Å². The third kappa shape index (κ3) is 1.88. The van der Waals surface area contributed by atoms with Crippen molar-refractivity contribution in [2.75, 3.05) is 6.61 Å². The third-order valence-corrected chi connectivity index (χ3v) is 2.55. The van der Waals surface area contributed by atoms with Gasteiger partial charge in [-0.1, -0.05) is 6.92 Å². The van der Waals surface area contributed by atoms with E-state index in [0.717, 1.165) is 6.07 Å². The van der Waals surface area contributed by atoms with Crippen LogP contribution in [0, 0.1) is 11.6 Å². The molecule has 1 rings (SSSR count). The van der Waals surface area contributed by atoms with Crippen molar-refractivity contribution in [3.05, 3.63) is 27.7 Å². The zero-order valence-corrected chi connectivity index (χ0v) is 8.98. The van der Waals surface area contributed by atoms with E-state index in [1.807, 2.05) is 0 Å². The van der Waals surface area contributed by atoms with Crippen LogP contribution in [0.4, 0.5) is 8.78 Å². The maximum atomic E-state index is 13.2. The van der Waals surface area contributed by atoms with Crippen molar-refractivity contribution in [2.24, 2.45) is 0 Å². The number of hydrogen-bond donors (Lipinski definition) is 2. The largest absolute Gasteiger partial charge is 0.506 e. The van der Waals surface area contributed by atoms with Crippen LogP contribution in [0.2, 0.25) is 0 Å². The lowest BCUT2D eigenvalue weighted by molar-refractivity contribution is 0.266. The summed E-state index contributed by atoms with van der Waals surface area (Å²) < 4.78 is 26.2. The molecule has 0 spiro atoms. The van der Waals surface area contributed by atoms with Crippen molar-refractivity contribution in [1.82, 2.24) is 0 Å². The number of aliphatic hydroxyl groups excluding tert-OH is 1. The van der Waals surface area contributed by atoms with Crippen molar-refractivity contribution < 1.29 is 19.0 Å². The maximum absolute atomic E-state index is 13.2. The van der Waals surface area contributed by atoms with Gasteiger partial charge in [0.05, 0.1) is 4.47 Å². The van der Waals surface area contributed by atoms with Gasteiger partial charge in [-0.2, -0.15) is 0 Å². The summed E-state index contributed by atoms with van der Waals surface area (Å²) >= 11 is 2.89. The van der Waals surface area contributed by atoms with Gasteiger partial charge in [-0.25, -0.2) is 8.78 Å². The van der Waals surface area contributed by atoms with Gasteiger partial charge in [0.15, 0.2) is 11.6 Å². The van der Waals surface area contributed by atoms with Gasteiger partial charge in [0.1, 0.15) is 5.75 Å². The highest BCUT2D eigenvalue weighted by Gasteiger charge is 2.21. The topological polar surface area (TPSA) is 40.5 Å². The van der Waals surface area contributed by atoms with E-state index in [-0.39, 0.29) is 22.4 Å². The fourth-order valence-corrected chi connectivity index (χ4v) is 1.56. The molecule has 0 saturated heterocycles. The van der Waals surface area contributed by atoms with Gasteiger partial charge in [0.25, 0.3) is 0 Å². The van der Waals surface area contributed by atoms with Crippen LogP contribution in [0.25, 0.3) is 0 Å². The van der Waals surface area contributed by atoms with E-state index in [4.69, 9.17) is 5.11 Å². The molecule has 2 N–H and O–H groups in total. The molecule has 0 aromatic heterocycles. The van der Waals surface area contributed by atoms with Crippen LogP contribution in [0.5, 0.6) is 5.75 Å². The molecule has 0 aliphatic carbocycles. The van der Waals surface area contributed by atoms with Gasteiger partial charge in [0.2, 0.25) is 0 Å². The van der Waals surface area contributed by atoms with Gasteiger partial charge < -0.3 is 10.2 Å². The van der Waals surface area contributed by atoms with Gasteiger partial charge in [-0.05, 0) is 22.0 Å². The summed E-state index contributed by atoms with van der Waals surface area (Å²) in [6.45, 7) is 1.13. The molecule has 0 radical (unpaired) electrons. The summed E-state index contributed by atoms with van der Waals surface area (Å²) in [5.74, 6) is -3.19. The Hall–Kier alpha value is -0.680. The Morgan fingerprint density at radius 1 is 1.50 bits per heavy atom. The molecule has 2 nitrogen and oxygen atoms in total. The maximum Gasteiger partial charge on any atom is 0.166 e. The van der Waals surface area contributed by atoms with Crippen molar-refractivity contribution in [3.63, 3.8) is 0 Å². The van der Waals surface area contributed by atoms with Crippen molar-refractivity contribution in [1.29, 1.82) is 0 Å². The Balaban J connectivity index is 3.39. The molecule has 5 heteroatoms. The normalized spacial score (nSPS) is 12.9. The standard InChI is InChI=1S/C9H9BrF2O2/c1-4(3-13)7-8(12)6(11)2-5(10)9(7)14/h2,4,13-14H,3H2,1H3. The first-order chi connectivity index (χ1) is 6.49. The van der Waals surface area contributed by atoms with Crippen molar-refractivity contribution >= 4 is 15.9 Å². The van der Waals surface area contributed by atoms with E-state index < -0.39 is 17.6 Å². The minimum Gasteiger partial charge on any atom is -0.506 e. The Bertz CT molecular complexity index is 329. The lowest BCUT2D eigenvalue weighted by Gasteiger charge is -2.13. The average molecular weight is 267 g/mol. The van der Waals surface area contributed by atoms with Crippen LogP contribution >= 0.6 is 15.9 Å². The lowest BCUT2D eigenvalue weighted by atomic mass is 10.0. The summed E-state index contributed by atoms with van der Waals surface area (Å²) in [6, 6.07) is 0.845. The molecular weight excluding hydrogens is 258 g/mol. The zero-order chi connectivity index (χ0) is 10.9. The minimum absolute atomic E-state index is 0.0756. The third-order valence-electron chi connectivity index (χ3n) is 1.95. The van der Waals surface area contributed by atoms with Gasteiger partial charge in [0, 0.05) is 18.1 Å². The highest BCUT2D eigenvalue weighted by atomic mass is 79.9. The van der Waals surface area contributed by atoms with E-state index in [9.17, 15) is 13.9 Å². The Morgan fingerprint density at radius 2 is 2.07 bits per heavy atom. The number of aliphatic hydroxyl groups is 1. The highest BCUT2D eigenvalue weighted by molar-refractivity contribution is 9.10. The molecule has 1 unspecified atom stereocenters. The summed E-state index contributed by atoms with van der Waals surface area (Å²) in [7, 11) is 0. The number of rotatable bonds is 2. The van der Waals surface area contributed by atoms with E-state index >= 15 is 0 Å². The number of benzene rings is 1. The second kappa shape index (κ2) is 4.23. The molecule has 0 bridgehead atoms. The molecule has 14 heavy (non-hydrogen) atoms. The number of hydrogen-bond acceptors (Lipinski definition) is 2. The first-order valence-electron chi connectivity index (χ1n) is 3.96. The van der Waals surface area contributed by atoms with Crippen LogP contribution in [0.3, 0.4) is 0 Å². The quantitative estimate of drug-likeness (QED) is 0.808. The summed E-state index contributed by atoms with van der Waals surface area (Å²) in [4.78, 5) is 0. The predicted octanol–water partition coefficient (Wildman–Crippen LogP) is 2.53. The lowest BCUT2D eigenvalue weighted by Crippen LogP contribution is -2.04. The van der Waals surface area contributed by atoms with Gasteiger partial charge >= 0.3 is 0 Å². The number of halogens is 3. The molecule has 0 heterocycles. The van der Waals surface area contributed by atoms with Gasteiger partial charge in [-0.3, -0.25) is 0 Å². The smallest absolute Gasteiger partial charge is 0.166 e. The van der Waals surface area contributed by atoms with Crippen molar-refractivity contribution in [3.8, 4) is 5.75 Å². The monoisotopic (exact) mass is 266 g/mol. The van der Waals surface area contributed by atoms with Crippen LogP contribution in [-0.4, -0.2) is 16.8 Å². The molecule has 0 amide bonds. The first-order valence-corrected chi connectivity index (χ1v) is 4.75. The molecule has 0 fully saturated rings. The molecular formula is C9H9BrF2O2. The number of phenols is 1. The van der Waals surface area contributed by atoms with Gasteiger partial charge in [-0.15, -0.1) is 0 Å². The second-order valence-electron chi connectivity index (χ2n) is 3.00. The number of aromatic hydroxyl groups is 1. The summed E-state index contributed by atoms with van der Waals surface area (Å²) in [5.41, 5.74) is -0.209. The van der Waals surface area contributed by atoms with Crippen LogP contribution < -0.4 is 0 Å². The summed E-state index contributed by atoms with van der Waals surface area (Å²) in [6.07, 6.45) is 0. The van der Waals surface area contributed by atoms with E-state index in [1.165, 1.54) is 6.92 Å². The SMILES string of the molecule is CC(CO)c1c(O)c(Br)cc(F)c1F. The van der Waals surface area contributed by atoms with Crippen LogP contribution in [-0.2, 0) is 0 Å². The Morgan fingerprint density at radius 3 is 2.57 bits per heavy atom. The number of phenolic OH excluding ortho intramolecular Hbond substituents is 1. The fourth-order valence-electron chi connectivity index (χ4n) is 1.15. The van der Waals surface area contributed by atoms with E-state index in [0.29, 0.717) is 0 Å². The van der Waals surface area contributed by atoms with Crippen LogP contribution in [0.1, 0.15) is 18.4 Å². The second-order valence-corrected chi connectivity index (χ2v) is 3.85. The Labute approximate surface area is 88.3 Å². The molecule has 1 aromatic rings. The minimum atomic E-state index is -1.12. The molecule has 1 aromatic carbocycles. The van der Waals surface area contributed by atoms with Crippen molar-refractivity contribution in [2.45, 2.75) is 12.8 Å². The van der Waals surface area contributed by atoms with E-state index in [1.54, 1.807) is 0 Å². The average Bonchev–Trinajstić information content (AvgIpc) is 2.15. The first kappa shape index (κ1) is 11.4. The molecule has 0 saturated carbocycles.